The molecule has 0 N–H and O–H groups in total. The van der Waals surface area contributed by atoms with Crippen molar-refractivity contribution in [3.63, 3.8) is 0 Å². The van der Waals surface area contributed by atoms with Gasteiger partial charge in [-0.05, 0) is 18.2 Å². The summed E-state index contributed by atoms with van der Waals surface area (Å²) in [5, 5.41) is -0.173. The first-order chi connectivity index (χ1) is 10.6. The summed E-state index contributed by atoms with van der Waals surface area (Å²) < 4.78 is 65.7. The van der Waals surface area contributed by atoms with E-state index in [1.807, 2.05) is 0 Å². The molecule has 4 nitrogen and oxygen atoms in total. The molecule has 0 fully saturated rings. The lowest BCUT2D eigenvalue weighted by Crippen LogP contribution is -2.34. The minimum Gasteiger partial charge on any atom is -0.296 e. The number of fused-ring (bicyclic) bond motifs is 3. The van der Waals surface area contributed by atoms with Gasteiger partial charge in [-0.1, -0.05) is 11.6 Å². The molecule has 0 radical (unpaired) electrons. The lowest BCUT2D eigenvalue weighted by molar-refractivity contribution is -0.290. The first-order valence-electron chi connectivity index (χ1n) is 6.03. The fourth-order valence-corrected chi connectivity index (χ4v) is 2.32. The molecule has 23 heavy (non-hydrogen) atoms. The highest BCUT2D eigenvalue weighted by Crippen LogP contribution is 2.44. The Kier molecular flexibility index (Phi) is 3.29. The van der Waals surface area contributed by atoms with E-state index in [4.69, 9.17) is 11.6 Å². The lowest BCUT2D eigenvalue weighted by atomic mass is 10.1. The third-order valence-electron chi connectivity index (χ3n) is 3.17. The number of rotatable bonds is 2. The molecule has 0 saturated heterocycles. The van der Waals surface area contributed by atoms with Crippen LogP contribution in [0.15, 0.2) is 24.4 Å². The second kappa shape index (κ2) is 4.85. The number of imidazole rings is 1. The van der Waals surface area contributed by atoms with Crippen LogP contribution in [0.25, 0.3) is 16.7 Å². The molecule has 3 aromatic rings. The van der Waals surface area contributed by atoms with Crippen LogP contribution in [-0.4, -0.2) is 26.8 Å². The van der Waals surface area contributed by atoms with Gasteiger partial charge in [-0.15, -0.1) is 0 Å². The number of alkyl halides is 5. The van der Waals surface area contributed by atoms with Crippen molar-refractivity contribution in [1.29, 1.82) is 0 Å². The first kappa shape index (κ1) is 15.6. The molecule has 0 aliphatic rings. The summed E-state index contributed by atoms with van der Waals surface area (Å²) in [4.78, 5) is 18.0. The van der Waals surface area contributed by atoms with Crippen LogP contribution in [0, 0.1) is 0 Å². The molecule has 3 rings (SSSR count). The second-order valence-corrected chi connectivity index (χ2v) is 5.05. The van der Waals surface area contributed by atoms with Crippen molar-refractivity contribution in [3.05, 3.63) is 40.8 Å². The predicted molar refractivity (Wildman–Crippen MR) is 70.8 cm³/mol. The zero-order valence-corrected chi connectivity index (χ0v) is 11.7. The highest BCUT2D eigenvalue weighted by Gasteiger charge is 2.60. The van der Waals surface area contributed by atoms with E-state index in [9.17, 15) is 26.7 Å². The fraction of sp³-hybridized carbons (Fsp3) is 0.154. The number of aldehydes is 1. The van der Waals surface area contributed by atoms with Gasteiger partial charge in [0.05, 0.1) is 5.02 Å². The number of hydrogen-bond acceptors (Lipinski definition) is 3. The van der Waals surface area contributed by atoms with Gasteiger partial charge < -0.3 is 0 Å². The number of aromatic nitrogens is 3. The number of carbonyl (C=O) groups excluding carboxylic acids is 1. The highest BCUT2D eigenvalue weighted by molar-refractivity contribution is 6.35. The Labute approximate surface area is 129 Å². The van der Waals surface area contributed by atoms with Crippen molar-refractivity contribution in [2.24, 2.45) is 0 Å². The maximum atomic E-state index is 13.5. The third-order valence-corrected chi connectivity index (χ3v) is 3.48. The number of nitrogens with zero attached hydrogens (tertiary/aromatic N) is 3. The molecule has 0 atom stereocenters. The molecule has 0 aliphatic carbocycles. The molecule has 10 heteroatoms. The van der Waals surface area contributed by atoms with Gasteiger partial charge in [-0.25, -0.2) is 9.97 Å². The van der Waals surface area contributed by atoms with Crippen LogP contribution in [0.3, 0.4) is 0 Å². The molecule has 0 aromatic carbocycles. The van der Waals surface area contributed by atoms with Crippen LogP contribution < -0.4 is 0 Å². The van der Waals surface area contributed by atoms with Gasteiger partial charge in [0.2, 0.25) is 0 Å². The van der Waals surface area contributed by atoms with Crippen LogP contribution >= 0.6 is 11.6 Å². The van der Waals surface area contributed by atoms with Gasteiger partial charge in [0.25, 0.3) is 0 Å². The standard InChI is InChI=1S/C13H5ClF5N3O/c14-8-3-9(12(15,16)13(17,18)19)21-11-7(8)1-2-10-20-6(5-23)4-22(10)11/h1-5H. The zero-order valence-electron chi connectivity index (χ0n) is 10.9. The molecule has 0 unspecified atom stereocenters. The molecule has 0 spiro atoms. The van der Waals surface area contributed by atoms with E-state index < -0.39 is 17.8 Å². The van der Waals surface area contributed by atoms with Crippen molar-refractivity contribution < 1.29 is 26.7 Å². The van der Waals surface area contributed by atoms with Crippen LogP contribution in [0.1, 0.15) is 16.2 Å². The number of halogens is 6. The van der Waals surface area contributed by atoms with E-state index in [1.54, 1.807) is 0 Å². The van der Waals surface area contributed by atoms with Crippen LogP contribution in [-0.2, 0) is 5.92 Å². The normalized spacial score (nSPS) is 13.0. The van der Waals surface area contributed by atoms with Gasteiger partial charge in [-0.2, -0.15) is 22.0 Å². The molecular weight excluding hydrogens is 345 g/mol. The maximum absolute atomic E-state index is 13.5. The topological polar surface area (TPSA) is 47.3 Å². The summed E-state index contributed by atoms with van der Waals surface area (Å²) in [6.07, 6.45) is -4.23. The van der Waals surface area contributed by atoms with Crippen molar-refractivity contribution in [2.75, 3.05) is 0 Å². The van der Waals surface area contributed by atoms with E-state index in [0.717, 1.165) is 4.40 Å². The summed E-state index contributed by atoms with van der Waals surface area (Å²) in [7, 11) is 0. The maximum Gasteiger partial charge on any atom is 0.459 e. The van der Waals surface area contributed by atoms with Crippen molar-refractivity contribution in [1.82, 2.24) is 14.4 Å². The Bertz CT molecular complexity index is 935. The highest BCUT2D eigenvalue weighted by atomic mass is 35.5. The Balaban J connectivity index is 2.37. The summed E-state index contributed by atoms with van der Waals surface area (Å²) in [5.74, 6) is -5.17. The molecule has 0 aliphatic heterocycles. The van der Waals surface area contributed by atoms with E-state index in [-0.39, 0.29) is 27.4 Å². The van der Waals surface area contributed by atoms with Gasteiger partial charge in [-0.3, -0.25) is 9.20 Å². The average Bonchev–Trinajstić information content (AvgIpc) is 2.89. The largest absolute Gasteiger partial charge is 0.459 e. The van der Waals surface area contributed by atoms with E-state index in [1.165, 1.54) is 18.3 Å². The summed E-state index contributed by atoms with van der Waals surface area (Å²) in [6, 6.07) is 3.28. The van der Waals surface area contributed by atoms with Crippen LogP contribution in [0.4, 0.5) is 22.0 Å². The average molecular weight is 350 g/mol. The number of carbonyl (C=O) groups is 1. The lowest BCUT2D eigenvalue weighted by Gasteiger charge is -2.19. The molecule has 0 saturated carbocycles. The molecule has 3 heterocycles. The van der Waals surface area contributed by atoms with Gasteiger partial charge in [0, 0.05) is 11.6 Å². The summed E-state index contributed by atoms with van der Waals surface area (Å²) in [5.41, 5.74) is -1.65. The Morgan fingerprint density at radius 1 is 1.13 bits per heavy atom. The fourth-order valence-electron chi connectivity index (χ4n) is 2.07. The predicted octanol–water partition coefficient (Wildman–Crippen LogP) is 4.00. The van der Waals surface area contributed by atoms with Gasteiger partial charge in [0.15, 0.2) is 6.29 Å². The van der Waals surface area contributed by atoms with E-state index >= 15 is 0 Å². The number of pyridine rings is 2. The van der Waals surface area contributed by atoms with E-state index in [0.29, 0.717) is 12.4 Å². The number of hydrogen-bond donors (Lipinski definition) is 0. The van der Waals surface area contributed by atoms with Crippen molar-refractivity contribution >= 4 is 34.6 Å². The summed E-state index contributed by atoms with van der Waals surface area (Å²) >= 11 is 5.82. The molecular formula is C13H5ClF5N3O. The molecule has 0 bridgehead atoms. The minimum atomic E-state index is -5.81. The van der Waals surface area contributed by atoms with Crippen molar-refractivity contribution in [2.45, 2.75) is 12.1 Å². The SMILES string of the molecule is O=Cc1cn2c(ccc3c(Cl)cc(C(F)(F)C(F)(F)F)nc32)n1. The molecule has 0 amide bonds. The van der Waals surface area contributed by atoms with Gasteiger partial charge in [0.1, 0.15) is 22.7 Å². The van der Waals surface area contributed by atoms with Crippen LogP contribution in [0.2, 0.25) is 5.02 Å². The Morgan fingerprint density at radius 2 is 1.83 bits per heavy atom. The Morgan fingerprint density at radius 3 is 2.43 bits per heavy atom. The van der Waals surface area contributed by atoms with Crippen molar-refractivity contribution in [3.8, 4) is 0 Å². The molecule has 3 aromatic heterocycles. The Hall–Kier alpha value is -2.29. The van der Waals surface area contributed by atoms with E-state index in [2.05, 4.69) is 9.97 Å². The minimum absolute atomic E-state index is 0.0246. The second-order valence-electron chi connectivity index (χ2n) is 4.64. The smallest absolute Gasteiger partial charge is 0.296 e. The zero-order chi connectivity index (χ0) is 17.0. The first-order valence-corrected chi connectivity index (χ1v) is 6.41. The van der Waals surface area contributed by atoms with Gasteiger partial charge >= 0.3 is 12.1 Å². The van der Waals surface area contributed by atoms with Crippen LogP contribution in [0.5, 0.6) is 0 Å². The molecule has 120 valence electrons. The quantitative estimate of drug-likeness (QED) is 0.519. The summed E-state index contributed by atoms with van der Waals surface area (Å²) in [6.45, 7) is 0. The monoisotopic (exact) mass is 349 g/mol. The third kappa shape index (κ3) is 2.31.